The zero-order valence-electron chi connectivity index (χ0n) is 15.0. The summed E-state index contributed by atoms with van der Waals surface area (Å²) in [7, 11) is 5.04. The van der Waals surface area contributed by atoms with Gasteiger partial charge in [0.2, 0.25) is 5.91 Å². The molecule has 0 saturated carbocycles. The summed E-state index contributed by atoms with van der Waals surface area (Å²) in [5.74, 6) is -1.10. The summed E-state index contributed by atoms with van der Waals surface area (Å²) in [6.45, 7) is 2.08. The van der Waals surface area contributed by atoms with Crippen molar-refractivity contribution >= 4 is 11.9 Å². The summed E-state index contributed by atoms with van der Waals surface area (Å²) < 4.78 is 10.2. The van der Waals surface area contributed by atoms with Crippen molar-refractivity contribution in [2.24, 2.45) is 5.92 Å². The van der Waals surface area contributed by atoms with Crippen molar-refractivity contribution in [3.8, 4) is 5.75 Å². The Morgan fingerprint density at radius 1 is 1.32 bits per heavy atom. The molecule has 2 atom stereocenters. The van der Waals surface area contributed by atoms with Gasteiger partial charge in [0.1, 0.15) is 5.75 Å². The van der Waals surface area contributed by atoms with Crippen molar-refractivity contribution in [2.75, 3.05) is 54.1 Å². The zero-order valence-corrected chi connectivity index (χ0v) is 15.0. The van der Waals surface area contributed by atoms with Crippen LogP contribution in [0.5, 0.6) is 5.75 Å². The first-order valence-corrected chi connectivity index (χ1v) is 8.28. The lowest BCUT2D eigenvalue weighted by molar-refractivity contribution is -0.141. The fourth-order valence-corrected chi connectivity index (χ4v) is 3.12. The highest BCUT2D eigenvalue weighted by Gasteiger charge is 2.40. The Kier molecular flexibility index (Phi) is 6.78. The van der Waals surface area contributed by atoms with Gasteiger partial charge in [0.05, 0.1) is 26.2 Å². The molecule has 2 rings (SSSR count). The molecular formula is C18H26N2O5. The summed E-state index contributed by atoms with van der Waals surface area (Å²) in [6, 6.07) is 7.40. The van der Waals surface area contributed by atoms with E-state index in [2.05, 4.69) is 0 Å². The van der Waals surface area contributed by atoms with Crippen molar-refractivity contribution in [3.05, 3.63) is 29.8 Å². The lowest BCUT2D eigenvalue weighted by Gasteiger charge is -2.21. The van der Waals surface area contributed by atoms with Gasteiger partial charge in [-0.3, -0.25) is 14.5 Å². The lowest BCUT2D eigenvalue weighted by Crippen LogP contribution is -2.39. The Hall–Kier alpha value is -2.12. The standard InChI is InChI=1S/C18H26N2O5/c1-19(7-8-24-2)12-17(21)20-10-15(16(11-20)18(22)23)13-5-4-6-14(9-13)25-3/h4-6,9,15-16H,7-8,10-12H2,1-3H3,(H,22,23)/t15-,16+/m0/s1. The summed E-state index contributed by atoms with van der Waals surface area (Å²) >= 11 is 0. The molecule has 1 heterocycles. The molecule has 0 unspecified atom stereocenters. The number of amides is 1. The first kappa shape index (κ1) is 19.2. The van der Waals surface area contributed by atoms with Crippen LogP contribution in [0.25, 0.3) is 0 Å². The first-order chi connectivity index (χ1) is 12.0. The van der Waals surface area contributed by atoms with Crippen LogP contribution in [0.2, 0.25) is 0 Å². The van der Waals surface area contributed by atoms with E-state index in [9.17, 15) is 14.7 Å². The predicted molar refractivity (Wildman–Crippen MR) is 92.8 cm³/mol. The van der Waals surface area contributed by atoms with Gasteiger partial charge in [-0.15, -0.1) is 0 Å². The monoisotopic (exact) mass is 350 g/mol. The SMILES string of the molecule is COCCN(C)CC(=O)N1C[C@@H](C(=O)O)[C@H](c2cccc(OC)c2)C1. The Morgan fingerprint density at radius 2 is 2.08 bits per heavy atom. The molecule has 1 aliphatic rings. The van der Waals surface area contributed by atoms with Crippen LogP contribution in [-0.4, -0.2) is 80.8 Å². The van der Waals surface area contributed by atoms with Crippen molar-refractivity contribution < 1.29 is 24.2 Å². The number of hydrogen-bond donors (Lipinski definition) is 1. The molecule has 1 saturated heterocycles. The van der Waals surface area contributed by atoms with Gasteiger partial charge < -0.3 is 19.5 Å². The Morgan fingerprint density at radius 3 is 2.72 bits per heavy atom. The molecule has 0 bridgehead atoms. The number of hydrogen-bond acceptors (Lipinski definition) is 5. The van der Waals surface area contributed by atoms with Crippen LogP contribution in [-0.2, 0) is 14.3 Å². The third kappa shape index (κ3) is 4.93. The predicted octanol–water partition coefficient (Wildman–Crippen LogP) is 0.900. The largest absolute Gasteiger partial charge is 0.497 e. The molecule has 0 aromatic heterocycles. The van der Waals surface area contributed by atoms with Crippen molar-refractivity contribution in [2.45, 2.75) is 5.92 Å². The van der Waals surface area contributed by atoms with Crippen LogP contribution >= 0.6 is 0 Å². The highest BCUT2D eigenvalue weighted by atomic mass is 16.5. The fraction of sp³-hybridized carbons (Fsp3) is 0.556. The van der Waals surface area contributed by atoms with Crippen LogP contribution < -0.4 is 4.74 Å². The topological polar surface area (TPSA) is 79.3 Å². The van der Waals surface area contributed by atoms with Crippen LogP contribution in [0.3, 0.4) is 0 Å². The van der Waals surface area contributed by atoms with Gasteiger partial charge in [0.15, 0.2) is 0 Å². The molecule has 0 aliphatic carbocycles. The second-order valence-electron chi connectivity index (χ2n) is 6.36. The van der Waals surface area contributed by atoms with Crippen LogP contribution in [0.4, 0.5) is 0 Å². The Bertz CT molecular complexity index is 607. The van der Waals surface area contributed by atoms with Gasteiger partial charge in [-0.2, -0.15) is 0 Å². The maximum atomic E-state index is 12.5. The quantitative estimate of drug-likeness (QED) is 0.750. The summed E-state index contributed by atoms with van der Waals surface area (Å²) in [5, 5.41) is 9.57. The highest BCUT2D eigenvalue weighted by Crippen LogP contribution is 2.34. The number of ether oxygens (including phenoxy) is 2. The number of carboxylic acids is 1. The normalized spacial score (nSPS) is 20.1. The molecule has 1 aromatic carbocycles. The summed E-state index contributed by atoms with van der Waals surface area (Å²) in [4.78, 5) is 27.7. The second-order valence-corrected chi connectivity index (χ2v) is 6.36. The fourth-order valence-electron chi connectivity index (χ4n) is 3.12. The van der Waals surface area contributed by atoms with E-state index in [4.69, 9.17) is 9.47 Å². The molecule has 1 aliphatic heterocycles. The Labute approximate surface area is 148 Å². The molecule has 25 heavy (non-hydrogen) atoms. The third-order valence-corrected chi connectivity index (χ3v) is 4.59. The molecule has 7 heteroatoms. The van der Waals surface area contributed by atoms with Gasteiger partial charge in [-0.05, 0) is 24.7 Å². The highest BCUT2D eigenvalue weighted by molar-refractivity contribution is 5.81. The van der Waals surface area contributed by atoms with E-state index in [1.165, 1.54) is 0 Å². The van der Waals surface area contributed by atoms with Crippen LogP contribution in [0.15, 0.2) is 24.3 Å². The van der Waals surface area contributed by atoms with Gasteiger partial charge in [-0.1, -0.05) is 12.1 Å². The van der Waals surface area contributed by atoms with Crippen molar-refractivity contribution in [1.82, 2.24) is 9.80 Å². The van der Waals surface area contributed by atoms with E-state index in [1.54, 1.807) is 19.1 Å². The van der Waals surface area contributed by atoms with Gasteiger partial charge in [0.25, 0.3) is 0 Å². The van der Waals surface area contributed by atoms with Crippen LogP contribution in [0.1, 0.15) is 11.5 Å². The van der Waals surface area contributed by atoms with Crippen LogP contribution in [0, 0.1) is 5.92 Å². The minimum Gasteiger partial charge on any atom is -0.497 e. The van der Waals surface area contributed by atoms with E-state index < -0.39 is 11.9 Å². The summed E-state index contributed by atoms with van der Waals surface area (Å²) in [6.07, 6.45) is 0. The number of nitrogens with zero attached hydrogens (tertiary/aromatic N) is 2. The molecule has 7 nitrogen and oxygen atoms in total. The molecular weight excluding hydrogens is 324 g/mol. The maximum absolute atomic E-state index is 12.5. The van der Waals surface area contributed by atoms with E-state index in [-0.39, 0.29) is 24.9 Å². The van der Waals surface area contributed by atoms with E-state index in [0.29, 0.717) is 25.4 Å². The van der Waals surface area contributed by atoms with Crippen molar-refractivity contribution in [3.63, 3.8) is 0 Å². The number of carbonyl (C=O) groups excluding carboxylic acids is 1. The van der Waals surface area contributed by atoms with Gasteiger partial charge in [0, 0.05) is 32.7 Å². The molecule has 1 aromatic rings. The second kappa shape index (κ2) is 8.82. The maximum Gasteiger partial charge on any atom is 0.308 e. The first-order valence-electron chi connectivity index (χ1n) is 8.28. The number of carboxylic acid groups (broad SMARTS) is 1. The number of rotatable bonds is 8. The summed E-state index contributed by atoms with van der Waals surface area (Å²) in [5.41, 5.74) is 0.884. The number of benzene rings is 1. The zero-order chi connectivity index (χ0) is 18.4. The van der Waals surface area contributed by atoms with E-state index >= 15 is 0 Å². The number of carbonyl (C=O) groups is 2. The third-order valence-electron chi connectivity index (χ3n) is 4.59. The number of likely N-dealkylation sites (N-methyl/N-ethyl adjacent to an activating group) is 1. The van der Waals surface area contributed by atoms with E-state index in [1.807, 2.05) is 36.2 Å². The van der Waals surface area contributed by atoms with Gasteiger partial charge >= 0.3 is 5.97 Å². The molecule has 138 valence electrons. The molecule has 1 N–H and O–H groups in total. The van der Waals surface area contributed by atoms with Gasteiger partial charge in [-0.25, -0.2) is 0 Å². The molecule has 0 spiro atoms. The minimum absolute atomic E-state index is 0.0600. The number of likely N-dealkylation sites (tertiary alicyclic amines) is 1. The molecule has 1 fully saturated rings. The number of aliphatic carboxylic acids is 1. The molecule has 0 radical (unpaired) electrons. The lowest BCUT2D eigenvalue weighted by atomic mass is 9.89. The smallest absolute Gasteiger partial charge is 0.308 e. The van der Waals surface area contributed by atoms with E-state index in [0.717, 1.165) is 5.56 Å². The minimum atomic E-state index is -0.879. The van der Waals surface area contributed by atoms with Crippen molar-refractivity contribution in [1.29, 1.82) is 0 Å². The molecule has 1 amide bonds. The Balaban J connectivity index is 2.08. The average Bonchev–Trinajstić information content (AvgIpc) is 3.06. The number of methoxy groups -OCH3 is 2. The average molecular weight is 350 g/mol.